The minimum absolute atomic E-state index is 0.348. The summed E-state index contributed by atoms with van der Waals surface area (Å²) >= 11 is 0. The normalized spacial score (nSPS) is 26.7. The maximum absolute atomic E-state index is 4.52. The second-order valence-corrected chi connectivity index (χ2v) is 6.83. The predicted octanol–water partition coefficient (Wildman–Crippen LogP) is 4.09. The highest BCUT2D eigenvalue weighted by Gasteiger charge is 2.44. The topological polar surface area (TPSA) is 24.9 Å². The first-order valence-electron chi connectivity index (χ1n) is 8.45. The maximum atomic E-state index is 4.52. The fourth-order valence-electron chi connectivity index (χ4n) is 4.10. The van der Waals surface area contributed by atoms with Crippen molar-refractivity contribution in [2.45, 2.75) is 50.5 Å². The van der Waals surface area contributed by atoms with Crippen LogP contribution in [0.3, 0.4) is 0 Å². The van der Waals surface area contributed by atoms with Crippen LogP contribution >= 0.6 is 0 Å². The fraction of sp³-hybridized carbons (Fsp3) is 0.526. The van der Waals surface area contributed by atoms with Crippen LogP contribution in [0.5, 0.6) is 0 Å². The Kier molecular flexibility index (Phi) is 3.42. The van der Waals surface area contributed by atoms with Crippen LogP contribution in [0.25, 0.3) is 10.9 Å². The molecule has 2 heterocycles. The van der Waals surface area contributed by atoms with Gasteiger partial charge in [0.25, 0.3) is 0 Å². The minimum Gasteiger partial charge on any atom is -0.311 e. The number of nitrogens with one attached hydrogen (secondary N) is 1. The van der Waals surface area contributed by atoms with Gasteiger partial charge in [0.1, 0.15) is 0 Å². The molecule has 2 aromatic rings. The average Bonchev–Trinajstić information content (AvgIpc) is 3.35. The average molecular weight is 280 g/mol. The van der Waals surface area contributed by atoms with E-state index in [2.05, 4.69) is 40.6 Å². The van der Waals surface area contributed by atoms with E-state index >= 15 is 0 Å². The van der Waals surface area contributed by atoms with Gasteiger partial charge in [-0.1, -0.05) is 31.0 Å². The molecule has 1 aliphatic heterocycles. The number of hydrogen-bond donors (Lipinski definition) is 1. The molecule has 1 aromatic carbocycles. The summed E-state index contributed by atoms with van der Waals surface area (Å²) < 4.78 is 0. The van der Waals surface area contributed by atoms with Gasteiger partial charge in [0.2, 0.25) is 0 Å². The number of rotatable bonds is 3. The van der Waals surface area contributed by atoms with Gasteiger partial charge in [-0.2, -0.15) is 0 Å². The van der Waals surface area contributed by atoms with Crippen molar-refractivity contribution >= 4 is 10.9 Å². The summed E-state index contributed by atoms with van der Waals surface area (Å²) in [4.78, 5) is 4.52. The lowest BCUT2D eigenvalue weighted by molar-refractivity contribution is 0.271. The third-order valence-electron chi connectivity index (χ3n) is 5.38. The molecule has 1 atom stereocenters. The molecule has 0 bridgehead atoms. The lowest BCUT2D eigenvalue weighted by Gasteiger charge is -2.35. The van der Waals surface area contributed by atoms with Gasteiger partial charge in [-0.05, 0) is 62.3 Å². The molecule has 1 aromatic heterocycles. The number of para-hydroxylation sites is 1. The van der Waals surface area contributed by atoms with Crippen LogP contribution in [0.2, 0.25) is 0 Å². The van der Waals surface area contributed by atoms with Crippen molar-refractivity contribution in [3.8, 4) is 0 Å². The molecule has 2 nitrogen and oxygen atoms in total. The molecule has 2 heteroatoms. The Balaban J connectivity index is 1.71. The van der Waals surface area contributed by atoms with E-state index in [9.17, 15) is 0 Å². The number of fused-ring (bicyclic) bond motifs is 1. The van der Waals surface area contributed by atoms with Crippen molar-refractivity contribution in [1.82, 2.24) is 10.3 Å². The predicted molar refractivity (Wildman–Crippen MR) is 87.4 cm³/mol. The van der Waals surface area contributed by atoms with E-state index in [1.165, 1.54) is 62.4 Å². The van der Waals surface area contributed by atoms with E-state index in [0.717, 1.165) is 11.4 Å². The third kappa shape index (κ3) is 2.57. The van der Waals surface area contributed by atoms with Crippen molar-refractivity contribution in [2.75, 3.05) is 6.54 Å². The molecule has 0 amide bonds. The Morgan fingerprint density at radius 3 is 2.90 bits per heavy atom. The van der Waals surface area contributed by atoms with Crippen LogP contribution in [0.4, 0.5) is 0 Å². The molecule has 4 rings (SSSR count). The smallest absolute Gasteiger partial charge is 0.0704 e. The zero-order chi connectivity index (χ0) is 14.1. The maximum Gasteiger partial charge on any atom is 0.0704 e. The van der Waals surface area contributed by atoms with Gasteiger partial charge in [-0.15, -0.1) is 0 Å². The van der Waals surface area contributed by atoms with Gasteiger partial charge >= 0.3 is 0 Å². The third-order valence-corrected chi connectivity index (χ3v) is 5.38. The quantitative estimate of drug-likeness (QED) is 0.916. The molecule has 21 heavy (non-hydrogen) atoms. The minimum atomic E-state index is 0.348. The van der Waals surface area contributed by atoms with E-state index in [0.29, 0.717) is 5.54 Å². The van der Waals surface area contributed by atoms with Crippen molar-refractivity contribution in [3.63, 3.8) is 0 Å². The largest absolute Gasteiger partial charge is 0.311 e. The molecular weight excluding hydrogens is 256 g/mol. The molecule has 1 saturated heterocycles. The highest BCUT2D eigenvalue weighted by atomic mass is 15.0. The van der Waals surface area contributed by atoms with Gasteiger partial charge in [0.05, 0.1) is 5.52 Å². The van der Waals surface area contributed by atoms with E-state index in [4.69, 9.17) is 0 Å². The second-order valence-electron chi connectivity index (χ2n) is 6.83. The Labute approximate surface area is 127 Å². The lowest BCUT2D eigenvalue weighted by Crippen LogP contribution is -2.48. The van der Waals surface area contributed by atoms with Crippen LogP contribution in [0, 0.1) is 5.92 Å². The number of nitrogens with zero attached hydrogens (tertiary/aromatic N) is 1. The number of benzene rings is 1. The monoisotopic (exact) mass is 280 g/mol. The van der Waals surface area contributed by atoms with Crippen LogP contribution in [0.15, 0.2) is 36.5 Å². The van der Waals surface area contributed by atoms with Crippen molar-refractivity contribution in [3.05, 3.63) is 42.1 Å². The Morgan fingerprint density at radius 2 is 2.00 bits per heavy atom. The molecule has 2 fully saturated rings. The summed E-state index contributed by atoms with van der Waals surface area (Å²) in [6, 6.07) is 10.8. The van der Waals surface area contributed by atoms with Crippen molar-refractivity contribution in [2.24, 2.45) is 5.92 Å². The highest BCUT2D eigenvalue weighted by Crippen LogP contribution is 2.45. The molecule has 1 saturated carbocycles. The lowest BCUT2D eigenvalue weighted by atomic mass is 9.81. The Hall–Kier alpha value is -1.41. The van der Waals surface area contributed by atoms with E-state index < -0.39 is 0 Å². The molecule has 2 aliphatic rings. The molecule has 1 unspecified atom stereocenters. The molecule has 1 N–H and O–H groups in total. The van der Waals surface area contributed by atoms with Gasteiger partial charge in [-0.3, -0.25) is 4.98 Å². The van der Waals surface area contributed by atoms with Gasteiger partial charge in [0, 0.05) is 17.1 Å². The molecule has 110 valence electrons. The summed E-state index contributed by atoms with van der Waals surface area (Å²) in [5, 5.41) is 5.29. The van der Waals surface area contributed by atoms with Gasteiger partial charge in [0.15, 0.2) is 0 Å². The van der Waals surface area contributed by atoms with Gasteiger partial charge in [-0.25, -0.2) is 0 Å². The summed E-state index contributed by atoms with van der Waals surface area (Å²) in [6.07, 6.45) is 11.4. The standard InChI is InChI=1S/C19H24N2/c1-4-11-19(16-8-9-16,21-12-5-1)14-15-10-13-20-18-7-3-2-6-17(15)18/h2-3,6-7,10,13,16,21H,1,4-5,8-9,11-12,14H2. The van der Waals surface area contributed by atoms with E-state index in [1.807, 2.05) is 6.20 Å². The summed E-state index contributed by atoms with van der Waals surface area (Å²) in [5.74, 6) is 0.891. The number of hydrogen-bond acceptors (Lipinski definition) is 2. The van der Waals surface area contributed by atoms with Crippen LogP contribution in [0.1, 0.15) is 44.1 Å². The number of aromatic nitrogens is 1. The fourth-order valence-corrected chi connectivity index (χ4v) is 4.10. The molecule has 0 radical (unpaired) electrons. The van der Waals surface area contributed by atoms with Crippen molar-refractivity contribution < 1.29 is 0 Å². The first kappa shape index (κ1) is 13.3. The van der Waals surface area contributed by atoms with E-state index in [-0.39, 0.29) is 0 Å². The van der Waals surface area contributed by atoms with Crippen LogP contribution < -0.4 is 5.32 Å². The van der Waals surface area contributed by atoms with Crippen molar-refractivity contribution in [1.29, 1.82) is 0 Å². The zero-order valence-electron chi connectivity index (χ0n) is 12.6. The summed E-state index contributed by atoms with van der Waals surface area (Å²) in [7, 11) is 0. The first-order valence-corrected chi connectivity index (χ1v) is 8.45. The summed E-state index contributed by atoms with van der Waals surface area (Å²) in [5.41, 5.74) is 2.96. The summed E-state index contributed by atoms with van der Waals surface area (Å²) in [6.45, 7) is 1.19. The Bertz CT molecular complexity index is 617. The highest BCUT2D eigenvalue weighted by molar-refractivity contribution is 5.81. The molecular formula is C19H24N2. The molecule has 1 aliphatic carbocycles. The second kappa shape index (κ2) is 5.42. The van der Waals surface area contributed by atoms with Crippen LogP contribution in [-0.2, 0) is 6.42 Å². The van der Waals surface area contributed by atoms with E-state index in [1.54, 1.807) is 0 Å². The SMILES string of the molecule is c1ccc2c(CC3(C4CC4)CCCCCN3)ccnc2c1. The van der Waals surface area contributed by atoms with Gasteiger partial charge < -0.3 is 5.32 Å². The Morgan fingerprint density at radius 1 is 1.10 bits per heavy atom. The molecule has 0 spiro atoms. The number of pyridine rings is 1. The first-order chi connectivity index (χ1) is 10.4. The van der Waals surface area contributed by atoms with Crippen LogP contribution in [-0.4, -0.2) is 17.1 Å². The zero-order valence-corrected chi connectivity index (χ0v) is 12.6.